The molecule has 0 aliphatic carbocycles. The number of hydrogen-bond acceptors (Lipinski definition) is 4. The Kier molecular flexibility index (Phi) is 7.51. The van der Waals surface area contributed by atoms with E-state index in [1.807, 2.05) is 0 Å². The molecule has 17 heavy (non-hydrogen) atoms. The normalized spacial score (nSPS) is 13.2. The van der Waals surface area contributed by atoms with E-state index in [-0.39, 0.29) is 5.78 Å². The average molecular weight is 260 g/mol. The number of ketones is 1. The van der Waals surface area contributed by atoms with Crippen molar-refractivity contribution in [1.29, 1.82) is 0 Å². The maximum atomic E-state index is 11.9. The Morgan fingerprint density at radius 3 is 2.35 bits per heavy atom. The molecule has 0 N–H and O–H groups in total. The van der Waals surface area contributed by atoms with Gasteiger partial charge in [-0.3, -0.25) is 9.59 Å². The first kappa shape index (κ1) is 16.5. The van der Waals surface area contributed by atoms with Gasteiger partial charge in [0.25, 0.3) is 0 Å². The Morgan fingerprint density at radius 1 is 1.29 bits per heavy atom. The smallest absolute Gasteiger partial charge is 0.319 e. The fourth-order valence-electron chi connectivity index (χ4n) is 1.08. The average Bonchev–Trinajstić information content (AvgIpc) is 2.28. The highest BCUT2D eigenvalue weighted by Gasteiger charge is 2.36. The van der Waals surface area contributed by atoms with Gasteiger partial charge in [0.2, 0.25) is 0 Å². The highest BCUT2D eigenvalue weighted by atomic mass is 32.2. The second-order valence-electron chi connectivity index (χ2n) is 4.80. The molecule has 0 aliphatic rings. The molecule has 0 saturated heterocycles. The molecule has 0 spiro atoms. The molecule has 0 heterocycles. The first-order valence-corrected chi connectivity index (χ1v) is 7.29. The van der Waals surface area contributed by atoms with Gasteiger partial charge in [-0.1, -0.05) is 20.3 Å². The summed E-state index contributed by atoms with van der Waals surface area (Å²) in [5, 5.41) is 0. The van der Waals surface area contributed by atoms with Gasteiger partial charge in [-0.15, -0.1) is 0 Å². The SMILES string of the molecule is CCOC(=O)C(C)(C)C(=O)CSCC(C)CC. The molecule has 1 atom stereocenters. The van der Waals surface area contributed by atoms with E-state index < -0.39 is 11.4 Å². The van der Waals surface area contributed by atoms with Gasteiger partial charge in [0.1, 0.15) is 5.41 Å². The molecule has 0 rings (SSSR count). The van der Waals surface area contributed by atoms with Gasteiger partial charge in [-0.05, 0) is 32.4 Å². The molecular formula is C13H24O3S. The Bertz CT molecular complexity index is 261. The second-order valence-corrected chi connectivity index (χ2v) is 5.83. The van der Waals surface area contributed by atoms with Crippen molar-refractivity contribution in [2.45, 2.75) is 41.0 Å². The molecule has 0 radical (unpaired) electrons. The van der Waals surface area contributed by atoms with Gasteiger partial charge < -0.3 is 4.74 Å². The van der Waals surface area contributed by atoms with Gasteiger partial charge in [-0.25, -0.2) is 0 Å². The van der Waals surface area contributed by atoms with Crippen molar-refractivity contribution in [3.8, 4) is 0 Å². The summed E-state index contributed by atoms with van der Waals surface area (Å²) in [5.74, 6) is 1.48. The standard InChI is InChI=1S/C13H24O3S/c1-6-10(3)8-17-9-11(14)13(4,5)12(15)16-7-2/h10H,6-9H2,1-5H3. The molecule has 0 aliphatic heterocycles. The van der Waals surface area contributed by atoms with Crippen molar-refractivity contribution in [2.24, 2.45) is 11.3 Å². The Balaban J connectivity index is 4.16. The molecule has 3 nitrogen and oxygen atoms in total. The molecule has 4 heteroatoms. The van der Waals surface area contributed by atoms with Crippen molar-refractivity contribution >= 4 is 23.5 Å². The fraction of sp³-hybridized carbons (Fsp3) is 0.846. The number of esters is 1. The monoisotopic (exact) mass is 260 g/mol. The number of thioether (sulfide) groups is 1. The van der Waals surface area contributed by atoms with Crippen LogP contribution in [0, 0.1) is 11.3 Å². The minimum Gasteiger partial charge on any atom is -0.465 e. The lowest BCUT2D eigenvalue weighted by molar-refractivity contribution is -0.157. The molecule has 0 bridgehead atoms. The van der Waals surface area contributed by atoms with Crippen molar-refractivity contribution in [2.75, 3.05) is 18.1 Å². The van der Waals surface area contributed by atoms with Crippen LogP contribution in [0.4, 0.5) is 0 Å². The van der Waals surface area contributed by atoms with Crippen LogP contribution >= 0.6 is 11.8 Å². The molecule has 0 saturated carbocycles. The number of rotatable bonds is 8. The zero-order valence-corrected chi connectivity index (χ0v) is 12.4. The van der Waals surface area contributed by atoms with Crippen molar-refractivity contribution < 1.29 is 14.3 Å². The number of carbonyl (C=O) groups is 2. The highest BCUT2D eigenvalue weighted by Crippen LogP contribution is 2.22. The molecule has 0 aromatic carbocycles. The lowest BCUT2D eigenvalue weighted by atomic mass is 9.89. The summed E-state index contributed by atoms with van der Waals surface area (Å²) in [6.45, 7) is 9.63. The molecule has 100 valence electrons. The van der Waals surface area contributed by atoms with Crippen LogP contribution in [-0.2, 0) is 14.3 Å². The van der Waals surface area contributed by atoms with Crippen LogP contribution in [0.2, 0.25) is 0 Å². The lowest BCUT2D eigenvalue weighted by Crippen LogP contribution is -2.36. The van der Waals surface area contributed by atoms with E-state index in [0.29, 0.717) is 18.3 Å². The van der Waals surface area contributed by atoms with E-state index in [4.69, 9.17) is 4.74 Å². The first-order valence-electron chi connectivity index (χ1n) is 6.14. The first-order chi connectivity index (χ1) is 7.86. The van der Waals surface area contributed by atoms with Crippen LogP contribution < -0.4 is 0 Å². The Labute approximate surface area is 109 Å². The topological polar surface area (TPSA) is 43.4 Å². The van der Waals surface area contributed by atoms with E-state index in [1.165, 1.54) is 0 Å². The van der Waals surface area contributed by atoms with Gasteiger partial charge in [0.15, 0.2) is 5.78 Å². The number of ether oxygens (including phenoxy) is 1. The third kappa shape index (κ3) is 5.57. The van der Waals surface area contributed by atoms with E-state index >= 15 is 0 Å². The summed E-state index contributed by atoms with van der Waals surface area (Å²) in [6, 6.07) is 0. The molecule has 1 unspecified atom stereocenters. The van der Waals surface area contributed by atoms with Crippen LogP contribution in [0.1, 0.15) is 41.0 Å². The Hall–Kier alpha value is -0.510. The fourth-order valence-corrected chi connectivity index (χ4v) is 2.38. The number of Topliss-reactive ketones (excluding diaryl/α,β-unsaturated/α-hetero) is 1. The molecular weight excluding hydrogens is 236 g/mol. The van der Waals surface area contributed by atoms with E-state index in [2.05, 4.69) is 13.8 Å². The van der Waals surface area contributed by atoms with Crippen LogP contribution in [0.5, 0.6) is 0 Å². The van der Waals surface area contributed by atoms with Crippen molar-refractivity contribution in [1.82, 2.24) is 0 Å². The molecule has 0 fully saturated rings. The predicted molar refractivity (Wildman–Crippen MR) is 72.2 cm³/mol. The zero-order valence-electron chi connectivity index (χ0n) is 11.5. The number of carbonyl (C=O) groups excluding carboxylic acids is 2. The largest absolute Gasteiger partial charge is 0.465 e. The summed E-state index contributed by atoms with van der Waals surface area (Å²) < 4.78 is 4.91. The summed E-state index contributed by atoms with van der Waals surface area (Å²) in [5.41, 5.74) is -1.02. The zero-order chi connectivity index (χ0) is 13.5. The highest BCUT2D eigenvalue weighted by molar-refractivity contribution is 7.99. The minimum absolute atomic E-state index is 0.0516. The number of hydrogen-bond donors (Lipinski definition) is 0. The quantitative estimate of drug-likeness (QED) is 0.497. The summed E-state index contributed by atoms with van der Waals surface area (Å²) in [7, 11) is 0. The molecule has 0 aromatic heterocycles. The van der Waals surface area contributed by atoms with Crippen molar-refractivity contribution in [3.63, 3.8) is 0 Å². The van der Waals surface area contributed by atoms with E-state index in [0.717, 1.165) is 12.2 Å². The van der Waals surface area contributed by atoms with Gasteiger partial charge in [-0.2, -0.15) is 11.8 Å². The minimum atomic E-state index is -1.02. The summed E-state index contributed by atoms with van der Waals surface area (Å²) in [6.07, 6.45) is 1.11. The van der Waals surface area contributed by atoms with E-state index in [1.54, 1.807) is 32.5 Å². The third-order valence-corrected chi connectivity index (χ3v) is 4.09. The lowest BCUT2D eigenvalue weighted by Gasteiger charge is -2.20. The van der Waals surface area contributed by atoms with Crippen molar-refractivity contribution in [3.05, 3.63) is 0 Å². The van der Waals surface area contributed by atoms with Crippen LogP contribution in [0.25, 0.3) is 0 Å². The molecule has 0 aromatic rings. The van der Waals surface area contributed by atoms with E-state index in [9.17, 15) is 9.59 Å². The third-order valence-electron chi connectivity index (χ3n) is 2.82. The predicted octanol–water partition coefficient (Wildman–Crippen LogP) is 2.92. The van der Waals surface area contributed by atoms with Crippen LogP contribution in [0.3, 0.4) is 0 Å². The van der Waals surface area contributed by atoms with Gasteiger partial charge in [0.05, 0.1) is 12.4 Å². The maximum absolute atomic E-state index is 11.9. The van der Waals surface area contributed by atoms with Crippen LogP contribution in [-0.4, -0.2) is 29.9 Å². The second kappa shape index (κ2) is 7.75. The molecule has 0 amide bonds. The van der Waals surface area contributed by atoms with Gasteiger partial charge >= 0.3 is 5.97 Å². The van der Waals surface area contributed by atoms with Gasteiger partial charge in [0, 0.05) is 0 Å². The summed E-state index contributed by atoms with van der Waals surface area (Å²) in [4.78, 5) is 23.5. The maximum Gasteiger partial charge on any atom is 0.319 e. The summed E-state index contributed by atoms with van der Waals surface area (Å²) >= 11 is 1.60. The van der Waals surface area contributed by atoms with Crippen LogP contribution in [0.15, 0.2) is 0 Å². The Morgan fingerprint density at radius 2 is 1.88 bits per heavy atom.